The van der Waals surface area contributed by atoms with E-state index >= 15 is 0 Å². The van der Waals surface area contributed by atoms with Crippen molar-refractivity contribution < 1.29 is 0 Å². The molecule has 0 bridgehead atoms. The third-order valence-electron chi connectivity index (χ3n) is 8.65. The number of rotatable bonds is 5. The van der Waals surface area contributed by atoms with Gasteiger partial charge in [0.1, 0.15) is 5.52 Å². The summed E-state index contributed by atoms with van der Waals surface area (Å²) in [5.41, 5.74) is 8.34. The van der Waals surface area contributed by atoms with Crippen LogP contribution in [0.2, 0.25) is 0 Å². The summed E-state index contributed by atoms with van der Waals surface area (Å²) < 4.78 is 2.53. The molecule has 9 aromatic rings. The Morgan fingerprint density at radius 2 is 1.04 bits per heavy atom. The van der Waals surface area contributed by atoms with Crippen LogP contribution >= 0.6 is 11.3 Å². The maximum absolute atomic E-state index is 5.15. The molecule has 0 aliphatic carbocycles. The fourth-order valence-corrected chi connectivity index (χ4v) is 7.50. The average molecular weight is 620 g/mol. The van der Waals surface area contributed by atoms with Gasteiger partial charge in [0.25, 0.3) is 0 Å². The van der Waals surface area contributed by atoms with Crippen molar-refractivity contribution in [2.24, 2.45) is 0 Å². The van der Waals surface area contributed by atoms with Crippen molar-refractivity contribution in [3.05, 3.63) is 158 Å². The van der Waals surface area contributed by atoms with Gasteiger partial charge in [0, 0.05) is 29.0 Å². The second-order valence-corrected chi connectivity index (χ2v) is 12.7. The Labute approximate surface area is 275 Å². The Hall–Kier alpha value is -6.04. The van der Waals surface area contributed by atoms with Crippen molar-refractivity contribution >= 4 is 42.4 Å². The van der Waals surface area contributed by atoms with E-state index in [2.05, 4.69) is 84.9 Å². The highest BCUT2D eigenvalue weighted by atomic mass is 32.1. The summed E-state index contributed by atoms with van der Waals surface area (Å²) >= 11 is 1.20. The van der Waals surface area contributed by atoms with E-state index in [0.717, 1.165) is 44.5 Å². The van der Waals surface area contributed by atoms with Crippen molar-refractivity contribution in [2.75, 3.05) is 0 Å². The molecule has 3 heterocycles. The number of benzene rings is 6. The second kappa shape index (κ2) is 11.4. The van der Waals surface area contributed by atoms with Crippen LogP contribution in [0.5, 0.6) is 0 Å². The van der Waals surface area contributed by atoms with Crippen LogP contribution in [0.25, 0.3) is 87.5 Å². The van der Waals surface area contributed by atoms with E-state index in [9.17, 15) is 0 Å². The second-order valence-electron chi connectivity index (χ2n) is 11.5. The molecule has 0 saturated heterocycles. The molecular formula is C42H27N4S+. The first kappa shape index (κ1) is 27.3. The van der Waals surface area contributed by atoms with E-state index in [1.807, 2.05) is 72.9 Å². The van der Waals surface area contributed by atoms with Crippen LogP contribution in [-0.2, 0) is 0 Å². The summed E-state index contributed by atoms with van der Waals surface area (Å²) in [6, 6.07) is 52.8. The van der Waals surface area contributed by atoms with Gasteiger partial charge in [-0.3, -0.25) is 4.98 Å². The quantitative estimate of drug-likeness (QED) is 0.180. The van der Waals surface area contributed by atoms with Crippen molar-refractivity contribution in [1.82, 2.24) is 19.9 Å². The van der Waals surface area contributed by atoms with Crippen LogP contribution in [0.3, 0.4) is 0 Å². The lowest BCUT2D eigenvalue weighted by molar-refractivity contribution is 1.07. The molecule has 0 aliphatic rings. The Bertz CT molecular complexity index is 2510. The molecule has 5 heteroatoms. The third-order valence-corrected chi connectivity index (χ3v) is 9.88. The van der Waals surface area contributed by atoms with Gasteiger partial charge in [0.15, 0.2) is 26.9 Å². The fourth-order valence-electron chi connectivity index (χ4n) is 6.36. The first-order valence-electron chi connectivity index (χ1n) is 15.6. The highest BCUT2D eigenvalue weighted by Crippen LogP contribution is 2.40. The van der Waals surface area contributed by atoms with E-state index in [1.54, 1.807) is 0 Å². The van der Waals surface area contributed by atoms with E-state index in [1.165, 1.54) is 36.9 Å². The lowest BCUT2D eigenvalue weighted by Crippen LogP contribution is -2.01. The first-order valence-corrected chi connectivity index (χ1v) is 16.5. The molecular weight excluding hydrogens is 593 g/mol. The molecule has 6 aromatic carbocycles. The molecule has 0 aliphatic heterocycles. The number of hydrogen-bond acceptors (Lipinski definition) is 4. The highest BCUT2D eigenvalue weighted by Gasteiger charge is 2.19. The van der Waals surface area contributed by atoms with Crippen LogP contribution in [-0.4, -0.2) is 19.9 Å². The molecule has 4 nitrogen and oxygen atoms in total. The number of aromatic nitrogens is 4. The summed E-state index contributed by atoms with van der Waals surface area (Å²) in [6.07, 6.45) is 1.88. The predicted molar refractivity (Wildman–Crippen MR) is 197 cm³/mol. The third kappa shape index (κ3) is 4.94. The van der Waals surface area contributed by atoms with E-state index in [0.29, 0.717) is 17.5 Å². The number of hydrogen-bond donors (Lipinski definition) is 0. The maximum atomic E-state index is 5.15. The van der Waals surface area contributed by atoms with Crippen molar-refractivity contribution in [3.63, 3.8) is 0 Å². The summed E-state index contributed by atoms with van der Waals surface area (Å²) in [4.78, 5) is 20.0. The van der Waals surface area contributed by atoms with Crippen molar-refractivity contribution in [2.45, 2.75) is 0 Å². The van der Waals surface area contributed by atoms with Crippen LogP contribution < -0.4 is 0 Å². The summed E-state index contributed by atoms with van der Waals surface area (Å²) in [6.45, 7) is 0. The molecule has 0 fully saturated rings. The van der Waals surface area contributed by atoms with Crippen LogP contribution in [0, 0.1) is 0 Å². The zero-order valence-corrected chi connectivity index (χ0v) is 26.1. The Balaban J connectivity index is 1.31. The number of pyridine rings is 1. The number of thiophene rings is 1. The smallest absolute Gasteiger partial charge is 0.198 e. The lowest BCUT2D eigenvalue weighted by Gasteiger charge is -2.15. The first-order chi connectivity index (χ1) is 23.3. The van der Waals surface area contributed by atoms with Crippen LogP contribution in [0.1, 0.15) is 0 Å². The normalized spacial score (nSPS) is 11.4. The van der Waals surface area contributed by atoms with Gasteiger partial charge in [0.05, 0.1) is 5.39 Å². The minimum absolute atomic E-state index is 0.634. The summed E-state index contributed by atoms with van der Waals surface area (Å²) in [5.74, 6) is 1.92. The molecule has 0 atom stereocenters. The van der Waals surface area contributed by atoms with Gasteiger partial charge in [-0.15, -0.1) is 0 Å². The molecule has 0 radical (unpaired) electrons. The largest absolute Gasteiger partial charge is 0.250 e. The van der Waals surface area contributed by atoms with Gasteiger partial charge in [-0.25, -0.2) is 15.0 Å². The molecule has 0 amide bonds. The molecule has 9 rings (SSSR count). The minimum Gasteiger partial charge on any atom is -0.250 e. The maximum Gasteiger partial charge on any atom is 0.198 e. The topological polar surface area (TPSA) is 51.6 Å². The Morgan fingerprint density at radius 3 is 1.83 bits per heavy atom. The van der Waals surface area contributed by atoms with E-state index in [-0.39, 0.29) is 0 Å². The summed E-state index contributed by atoms with van der Waals surface area (Å²) in [5, 5.41) is 3.57. The Kier molecular flexibility index (Phi) is 6.61. The van der Waals surface area contributed by atoms with Gasteiger partial charge in [-0.1, -0.05) is 115 Å². The number of fused-ring (bicyclic) bond motifs is 4. The van der Waals surface area contributed by atoms with Crippen molar-refractivity contribution in [3.8, 4) is 56.4 Å². The van der Waals surface area contributed by atoms with Gasteiger partial charge >= 0.3 is 0 Å². The van der Waals surface area contributed by atoms with Crippen LogP contribution in [0.4, 0.5) is 0 Å². The van der Waals surface area contributed by atoms with E-state index < -0.39 is 0 Å². The van der Waals surface area contributed by atoms with Gasteiger partial charge in [-0.2, -0.15) is 0 Å². The molecule has 0 spiro atoms. The zero-order valence-electron chi connectivity index (χ0n) is 25.2. The fraction of sp³-hybridized carbons (Fsp3) is 0. The van der Waals surface area contributed by atoms with Gasteiger partial charge < -0.3 is 0 Å². The molecule has 220 valence electrons. The molecule has 0 N–H and O–H groups in total. The zero-order chi connectivity index (χ0) is 31.2. The van der Waals surface area contributed by atoms with Crippen molar-refractivity contribution in [1.29, 1.82) is 0 Å². The van der Waals surface area contributed by atoms with Gasteiger partial charge in [0.2, 0.25) is 0 Å². The molecule has 0 unspecified atom stereocenters. The monoisotopic (exact) mass is 619 g/mol. The lowest BCUT2D eigenvalue weighted by atomic mass is 9.91. The standard InChI is InChI=1S/C42H26N4S/c1-3-12-28(13-4-1)40-44-41(29-14-5-2-6-15-29)46-42(45-40)35-25-30(20-22-34(35)33-18-9-16-27-11-7-8-17-32(27)33)31-21-23-37-36(26-31)39-38(47-37)19-10-24-43-39/h1-26H/p+1. The Morgan fingerprint density at radius 1 is 0.383 bits per heavy atom. The minimum atomic E-state index is 0.634. The van der Waals surface area contributed by atoms with Gasteiger partial charge in [-0.05, 0) is 74.7 Å². The molecule has 47 heavy (non-hydrogen) atoms. The number of nitrogens with zero attached hydrogens (tertiary/aromatic N) is 4. The molecule has 0 saturated carbocycles. The highest BCUT2D eigenvalue weighted by molar-refractivity contribution is 7.25. The van der Waals surface area contributed by atoms with E-state index in [4.69, 9.17) is 19.9 Å². The summed E-state index contributed by atoms with van der Waals surface area (Å²) in [7, 11) is 0. The molecule has 3 aromatic heterocycles. The predicted octanol–water partition coefficient (Wildman–Crippen LogP) is 10.9. The SMILES string of the molecule is c1ccc(-c2nc(-c3ccccc3)nc(-c3cc(-c4ccc5[sH+]c6cccnc6c5c4)ccc3-c3cccc4ccccc34)n2)cc1. The average Bonchev–Trinajstić information content (AvgIpc) is 3.53. The van der Waals surface area contributed by atoms with Crippen LogP contribution in [0.15, 0.2) is 158 Å².